The number of aromatic nitrogens is 1. The van der Waals surface area contributed by atoms with Crippen LogP contribution in [-0.2, 0) is 6.61 Å². The number of thiazole rings is 1. The lowest BCUT2D eigenvalue weighted by molar-refractivity contribution is 0.305. The van der Waals surface area contributed by atoms with Gasteiger partial charge in [0.05, 0.1) is 16.5 Å². The summed E-state index contributed by atoms with van der Waals surface area (Å²) in [5, 5.41) is 8.88. The van der Waals surface area contributed by atoms with E-state index in [0.717, 1.165) is 21.8 Å². The van der Waals surface area contributed by atoms with Crippen LogP contribution in [-0.4, -0.2) is 4.98 Å². The van der Waals surface area contributed by atoms with Gasteiger partial charge in [0.25, 0.3) is 0 Å². The number of halogens is 1. The van der Waals surface area contributed by atoms with Gasteiger partial charge >= 0.3 is 0 Å². The molecule has 0 atom stereocenters. The smallest absolute Gasteiger partial charge is 0.183 e. The number of hydrogen-bond acceptors (Lipinski definition) is 4. The van der Waals surface area contributed by atoms with Gasteiger partial charge in [0.1, 0.15) is 12.4 Å². The zero-order valence-corrected chi connectivity index (χ0v) is 11.6. The summed E-state index contributed by atoms with van der Waals surface area (Å²) in [5.74, 6) is 0.818. The molecule has 1 aromatic heterocycles. The van der Waals surface area contributed by atoms with Crippen molar-refractivity contribution in [2.45, 2.75) is 20.5 Å². The maximum Gasteiger partial charge on any atom is 0.183 e. The maximum atomic E-state index is 8.88. The van der Waals surface area contributed by atoms with Gasteiger partial charge in [0, 0.05) is 6.20 Å². The van der Waals surface area contributed by atoms with Crippen LogP contribution in [0.1, 0.15) is 21.6 Å². The summed E-state index contributed by atoms with van der Waals surface area (Å²) in [7, 11) is 0. The number of ether oxygens (including phenoxy) is 1. The molecule has 0 saturated carbocycles. The molecule has 92 valence electrons. The second kappa shape index (κ2) is 5.38. The molecule has 0 N–H and O–H groups in total. The highest BCUT2D eigenvalue weighted by atomic mass is 35.5. The number of hydrogen-bond donors (Lipinski definition) is 0. The van der Waals surface area contributed by atoms with E-state index in [1.54, 1.807) is 6.20 Å². The van der Waals surface area contributed by atoms with Gasteiger partial charge in [0.2, 0.25) is 0 Å². The molecular formula is C13H11ClN2OS. The van der Waals surface area contributed by atoms with Crippen molar-refractivity contribution in [3.8, 4) is 11.8 Å². The number of nitrogens with zero attached hydrogens (tertiary/aromatic N) is 2. The minimum absolute atomic E-state index is 0.442. The van der Waals surface area contributed by atoms with Crippen LogP contribution in [0, 0.1) is 25.2 Å². The van der Waals surface area contributed by atoms with Crippen LogP contribution in [0.15, 0.2) is 18.3 Å². The van der Waals surface area contributed by atoms with Crippen molar-refractivity contribution >= 4 is 22.9 Å². The van der Waals surface area contributed by atoms with Crippen LogP contribution >= 0.6 is 22.9 Å². The van der Waals surface area contributed by atoms with Crippen molar-refractivity contribution in [2.75, 3.05) is 0 Å². The quantitative estimate of drug-likeness (QED) is 0.856. The summed E-state index contributed by atoms with van der Waals surface area (Å²) < 4.78 is 6.28. The van der Waals surface area contributed by atoms with Gasteiger partial charge in [-0.25, -0.2) is 4.98 Å². The average Bonchev–Trinajstić information content (AvgIpc) is 2.73. The third kappa shape index (κ3) is 2.81. The number of aryl methyl sites for hydroxylation is 2. The van der Waals surface area contributed by atoms with Gasteiger partial charge in [-0.1, -0.05) is 11.6 Å². The minimum atomic E-state index is 0.442. The van der Waals surface area contributed by atoms with Crippen LogP contribution in [0.5, 0.6) is 5.75 Å². The van der Waals surface area contributed by atoms with Crippen molar-refractivity contribution in [2.24, 2.45) is 0 Å². The van der Waals surface area contributed by atoms with Crippen molar-refractivity contribution in [1.82, 2.24) is 4.98 Å². The van der Waals surface area contributed by atoms with E-state index in [1.165, 1.54) is 11.3 Å². The molecule has 0 aliphatic carbocycles. The topological polar surface area (TPSA) is 45.9 Å². The van der Waals surface area contributed by atoms with Gasteiger partial charge < -0.3 is 4.74 Å². The second-order valence-corrected chi connectivity index (χ2v) is 5.62. The van der Waals surface area contributed by atoms with Gasteiger partial charge in [-0.15, -0.1) is 11.3 Å². The van der Waals surface area contributed by atoms with E-state index in [1.807, 2.05) is 26.0 Å². The first-order valence-electron chi connectivity index (χ1n) is 5.34. The molecule has 2 aromatic rings. The van der Waals surface area contributed by atoms with Crippen molar-refractivity contribution in [3.63, 3.8) is 0 Å². The van der Waals surface area contributed by atoms with Crippen LogP contribution in [0.4, 0.5) is 0 Å². The molecule has 2 rings (SSSR count). The molecule has 0 aliphatic heterocycles. The fourth-order valence-electron chi connectivity index (χ4n) is 1.74. The highest BCUT2D eigenvalue weighted by Gasteiger charge is 2.08. The maximum absolute atomic E-state index is 8.88. The van der Waals surface area contributed by atoms with E-state index in [0.29, 0.717) is 16.6 Å². The van der Waals surface area contributed by atoms with E-state index in [2.05, 4.69) is 11.1 Å². The zero-order chi connectivity index (χ0) is 13.1. The molecule has 18 heavy (non-hydrogen) atoms. The molecule has 0 unspecified atom stereocenters. The first-order chi connectivity index (χ1) is 8.60. The first-order valence-corrected chi connectivity index (χ1v) is 6.54. The van der Waals surface area contributed by atoms with Crippen LogP contribution in [0.2, 0.25) is 4.47 Å². The molecule has 3 nitrogen and oxygen atoms in total. The molecule has 0 radical (unpaired) electrons. The molecule has 1 aromatic carbocycles. The van der Waals surface area contributed by atoms with E-state index >= 15 is 0 Å². The van der Waals surface area contributed by atoms with Crippen LogP contribution in [0.3, 0.4) is 0 Å². The Kier molecular flexibility index (Phi) is 3.85. The van der Waals surface area contributed by atoms with E-state index < -0.39 is 0 Å². The average molecular weight is 279 g/mol. The molecule has 0 aliphatic rings. The Morgan fingerprint density at radius 1 is 1.39 bits per heavy atom. The molecule has 0 saturated heterocycles. The molecule has 5 heteroatoms. The van der Waals surface area contributed by atoms with Crippen LogP contribution in [0.25, 0.3) is 0 Å². The molecule has 0 amide bonds. The molecular weight excluding hydrogens is 268 g/mol. The SMILES string of the molecule is Cc1cc(C#N)cc(C)c1OCc1cnc(Cl)s1. The molecule has 1 heterocycles. The van der Waals surface area contributed by atoms with Gasteiger partial charge in [-0.3, -0.25) is 0 Å². The molecule has 0 bridgehead atoms. The van der Waals surface area contributed by atoms with Gasteiger partial charge in [0.15, 0.2) is 4.47 Å². The number of rotatable bonds is 3. The second-order valence-electron chi connectivity index (χ2n) is 3.92. The zero-order valence-electron chi connectivity index (χ0n) is 10.0. The number of benzene rings is 1. The van der Waals surface area contributed by atoms with Crippen molar-refractivity contribution in [3.05, 3.63) is 44.4 Å². The Bertz CT molecular complexity index is 593. The highest BCUT2D eigenvalue weighted by Crippen LogP contribution is 2.26. The lowest BCUT2D eigenvalue weighted by Gasteiger charge is -2.11. The van der Waals surface area contributed by atoms with E-state index in [9.17, 15) is 0 Å². The summed E-state index contributed by atoms with van der Waals surface area (Å²) in [6, 6.07) is 5.77. The Morgan fingerprint density at radius 3 is 2.56 bits per heavy atom. The Balaban J connectivity index is 2.17. The number of nitriles is 1. The summed E-state index contributed by atoms with van der Waals surface area (Å²) >= 11 is 7.16. The Hall–Kier alpha value is -1.57. The third-order valence-electron chi connectivity index (χ3n) is 2.47. The van der Waals surface area contributed by atoms with E-state index in [-0.39, 0.29) is 0 Å². The summed E-state index contributed by atoms with van der Waals surface area (Å²) in [6.07, 6.45) is 1.71. The summed E-state index contributed by atoms with van der Waals surface area (Å²) in [5.41, 5.74) is 2.57. The minimum Gasteiger partial charge on any atom is -0.487 e. The first kappa shape index (κ1) is 12.9. The predicted octanol–water partition coefficient (Wildman–Crippen LogP) is 3.86. The monoisotopic (exact) mass is 278 g/mol. The summed E-state index contributed by atoms with van der Waals surface area (Å²) in [6.45, 7) is 4.31. The van der Waals surface area contributed by atoms with Crippen molar-refractivity contribution < 1.29 is 4.74 Å². The largest absolute Gasteiger partial charge is 0.487 e. The fraction of sp³-hybridized carbons (Fsp3) is 0.231. The van der Waals surface area contributed by atoms with Crippen LogP contribution < -0.4 is 4.74 Å². The third-order valence-corrected chi connectivity index (χ3v) is 3.56. The molecule has 0 fully saturated rings. The van der Waals surface area contributed by atoms with Gasteiger partial charge in [-0.05, 0) is 37.1 Å². The normalized spacial score (nSPS) is 10.1. The fourth-order valence-corrected chi connectivity index (χ4v) is 2.63. The predicted molar refractivity (Wildman–Crippen MR) is 72.1 cm³/mol. The standard InChI is InChI=1S/C13H11ClN2OS/c1-8-3-10(5-15)4-9(2)12(8)17-7-11-6-16-13(14)18-11/h3-4,6H,7H2,1-2H3. The van der Waals surface area contributed by atoms with Crippen molar-refractivity contribution in [1.29, 1.82) is 5.26 Å². The highest BCUT2D eigenvalue weighted by molar-refractivity contribution is 7.15. The van der Waals surface area contributed by atoms with E-state index in [4.69, 9.17) is 21.6 Å². The Labute approximate surface area is 115 Å². The lowest BCUT2D eigenvalue weighted by Crippen LogP contribution is -1.98. The molecule has 0 spiro atoms. The Morgan fingerprint density at radius 2 is 2.06 bits per heavy atom. The van der Waals surface area contributed by atoms with Gasteiger partial charge in [-0.2, -0.15) is 5.26 Å². The summed E-state index contributed by atoms with van der Waals surface area (Å²) in [4.78, 5) is 4.94. The lowest BCUT2D eigenvalue weighted by atomic mass is 10.1.